The van der Waals surface area contributed by atoms with Crippen molar-refractivity contribution in [2.75, 3.05) is 34.4 Å². The Morgan fingerprint density at radius 2 is 1.97 bits per heavy atom. The predicted octanol–water partition coefficient (Wildman–Crippen LogP) is 3.42. The minimum absolute atomic E-state index is 0.249. The lowest BCUT2D eigenvalue weighted by Crippen LogP contribution is -2.38. The maximum absolute atomic E-state index is 11.9. The summed E-state index contributed by atoms with van der Waals surface area (Å²) >= 11 is 0. The number of nitrogens with zero attached hydrogens (tertiary/aromatic N) is 3. The minimum atomic E-state index is 0.249. The third-order valence-corrected chi connectivity index (χ3v) is 5.55. The molecular formula is C25H34N4O3. The lowest BCUT2D eigenvalue weighted by molar-refractivity contribution is -0.128. The third kappa shape index (κ3) is 6.15. The van der Waals surface area contributed by atoms with Gasteiger partial charge in [0.25, 0.3) is 0 Å². The number of aliphatic imine (C=N–C) groups is 1. The Labute approximate surface area is 191 Å². The molecule has 0 bridgehead atoms. The van der Waals surface area contributed by atoms with Crippen LogP contribution in [0.3, 0.4) is 0 Å². The molecule has 2 aromatic carbocycles. The maximum Gasteiger partial charge on any atom is 0.222 e. The Hall–Kier alpha value is -3.22. The van der Waals surface area contributed by atoms with E-state index in [1.54, 1.807) is 14.2 Å². The lowest BCUT2D eigenvalue weighted by Gasteiger charge is -2.23. The van der Waals surface area contributed by atoms with Crippen LogP contribution in [0.15, 0.2) is 47.5 Å². The first kappa shape index (κ1) is 23.4. The number of ether oxygens (including phenoxy) is 2. The highest BCUT2D eigenvalue weighted by Gasteiger charge is 2.20. The summed E-state index contributed by atoms with van der Waals surface area (Å²) in [4.78, 5) is 20.8. The highest BCUT2D eigenvalue weighted by Crippen LogP contribution is 2.25. The Bertz CT molecular complexity index is 945. The van der Waals surface area contributed by atoms with Crippen LogP contribution in [0.4, 0.5) is 0 Å². The molecule has 3 rings (SSSR count). The molecular weight excluding hydrogens is 404 g/mol. The van der Waals surface area contributed by atoms with Crippen LogP contribution in [0, 0.1) is 0 Å². The molecule has 0 aliphatic carbocycles. The van der Waals surface area contributed by atoms with Gasteiger partial charge in [0, 0.05) is 51.3 Å². The minimum Gasteiger partial charge on any atom is -0.497 e. The molecule has 1 aliphatic heterocycles. The van der Waals surface area contributed by atoms with E-state index in [4.69, 9.17) is 14.5 Å². The third-order valence-electron chi connectivity index (χ3n) is 5.55. The molecule has 1 aliphatic rings. The summed E-state index contributed by atoms with van der Waals surface area (Å²) in [5.41, 5.74) is 3.33. The van der Waals surface area contributed by atoms with Gasteiger partial charge in [-0.15, -0.1) is 0 Å². The van der Waals surface area contributed by atoms with E-state index < -0.39 is 0 Å². The van der Waals surface area contributed by atoms with E-state index in [1.807, 2.05) is 36.2 Å². The van der Waals surface area contributed by atoms with Gasteiger partial charge in [-0.2, -0.15) is 0 Å². The molecule has 7 heteroatoms. The first-order chi connectivity index (χ1) is 15.5. The Morgan fingerprint density at radius 3 is 2.66 bits per heavy atom. The normalized spacial score (nSPS) is 13.9. The van der Waals surface area contributed by atoms with Crippen LogP contribution >= 0.6 is 0 Å². The van der Waals surface area contributed by atoms with E-state index in [0.717, 1.165) is 53.7 Å². The number of carbonyl (C=O) groups is 1. The number of likely N-dealkylation sites (tertiary alicyclic amines) is 1. The SMILES string of the molecule is CCNC(=NCc1cccc(CN2CCCC2=O)c1)N(C)Cc1ccc(OC)cc1OC. The van der Waals surface area contributed by atoms with Gasteiger partial charge in [-0.1, -0.05) is 24.3 Å². The molecule has 172 valence electrons. The molecule has 0 unspecified atom stereocenters. The Kier molecular flexibility index (Phi) is 8.36. The van der Waals surface area contributed by atoms with Crippen LogP contribution in [0.5, 0.6) is 11.5 Å². The molecule has 7 nitrogen and oxygen atoms in total. The molecule has 1 amide bonds. The number of amides is 1. The molecule has 1 saturated heterocycles. The van der Waals surface area contributed by atoms with Gasteiger partial charge in [-0.25, -0.2) is 4.99 Å². The van der Waals surface area contributed by atoms with Crippen LogP contribution in [0.25, 0.3) is 0 Å². The average Bonchev–Trinajstić information content (AvgIpc) is 3.21. The summed E-state index contributed by atoms with van der Waals surface area (Å²) in [7, 11) is 5.33. The molecule has 0 atom stereocenters. The molecule has 0 saturated carbocycles. The van der Waals surface area contributed by atoms with Gasteiger partial charge < -0.3 is 24.6 Å². The van der Waals surface area contributed by atoms with Crippen LogP contribution in [0.1, 0.15) is 36.5 Å². The summed E-state index contributed by atoms with van der Waals surface area (Å²) in [5, 5.41) is 3.37. The van der Waals surface area contributed by atoms with Crippen molar-refractivity contribution >= 4 is 11.9 Å². The fraction of sp³-hybridized carbons (Fsp3) is 0.440. The first-order valence-electron chi connectivity index (χ1n) is 11.1. The Balaban J connectivity index is 1.69. The number of benzene rings is 2. The highest BCUT2D eigenvalue weighted by molar-refractivity contribution is 5.80. The zero-order chi connectivity index (χ0) is 22.9. The zero-order valence-corrected chi connectivity index (χ0v) is 19.6. The van der Waals surface area contributed by atoms with Crippen molar-refractivity contribution in [2.24, 2.45) is 4.99 Å². The smallest absolute Gasteiger partial charge is 0.222 e. The van der Waals surface area contributed by atoms with Gasteiger partial charge in [0.2, 0.25) is 5.91 Å². The van der Waals surface area contributed by atoms with Crippen molar-refractivity contribution < 1.29 is 14.3 Å². The average molecular weight is 439 g/mol. The monoisotopic (exact) mass is 438 g/mol. The Morgan fingerprint density at radius 1 is 1.16 bits per heavy atom. The highest BCUT2D eigenvalue weighted by atomic mass is 16.5. The molecule has 2 aromatic rings. The molecule has 0 aromatic heterocycles. The van der Waals surface area contributed by atoms with Crippen molar-refractivity contribution in [2.45, 2.75) is 39.4 Å². The van der Waals surface area contributed by atoms with Crippen molar-refractivity contribution in [1.29, 1.82) is 0 Å². The number of nitrogens with one attached hydrogen (secondary N) is 1. The van der Waals surface area contributed by atoms with Gasteiger partial charge in [0.05, 0.1) is 20.8 Å². The molecule has 0 radical (unpaired) electrons. The first-order valence-corrected chi connectivity index (χ1v) is 11.1. The quantitative estimate of drug-likeness (QED) is 0.480. The van der Waals surface area contributed by atoms with E-state index >= 15 is 0 Å². The van der Waals surface area contributed by atoms with Crippen molar-refractivity contribution in [3.63, 3.8) is 0 Å². The summed E-state index contributed by atoms with van der Waals surface area (Å²) in [6.07, 6.45) is 1.63. The fourth-order valence-electron chi connectivity index (χ4n) is 3.87. The van der Waals surface area contributed by atoms with Crippen LogP contribution in [-0.2, 0) is 24.4 Å². The predicted molar refractivity (Wildman–Crippen MR) is 127 cm³/mol. The van der Waals surface area contributed by atoms with Gasteiger partial charge in [-0.3, -0.25) is 4.79 Å². The number of methoxy groups -OCH3 is 2. The molecule has 32 heavy (non-hydrogen) atoms. The summed E-state index contributed by atoms with van der Waals surface area (Å²) in [5.74, 6) is 2.63. The van der Waals surface area contributed by atoms with E-state index in [9.17, 15) is 4.79 Å². The zero-order valence-electron chi connectivity index (χ0n) is 19.6. The maximum atomic E-state index is 11.9. The second kappa shape index (κ2) is 11.4. The van der Waals surface area contributed by atoms with Gasteiger partial charge in [0.1, 0.15) is 11.5 Å². The van der Waals surface area contributed by atoms with Crippen LogP contribution < -0.4 is 14.8 Å². The molecule has 1 fully saturated rings. The number of carbonyl (C=O) groups excluding carboxylic acids is 1. The fourth-order valence-corrected chi connectivity index (χ4v) is 3.87. The van der Waals surface area contributed by atoms with E-state index in [0.29, 0.717) is 26.1 Å². The standard InChI is InChI=1S/C25H34N4O3/c1-5-26-25(28(2)18-21-11-12-22(31-3)15-23(21)32-4)27-16-19-8-6-9-20(14-19)17-29-13-7-10-24(29)30/h6,8-9,11-12,14-15H,5,7,10,13,16-18H2,1-4H3,(H,26,27). The van der Waals surface area contributed by atoms with Crippen molar-refractivity contribution in [3.8, 4) is 11.5 Å². The molecule has 1 N–H and O–H groups in total. The van der Waals surface area contributed by atoms with Crippen LogP contribution in [-0.4, -0.2) is 56.0 Å². The van der Waals surface area contributed by atoms with E-state index in [-0.39, 0.29) is 5.91 Å². The topological polar surface area (TPSA) is 66.4 Å². The second-order valence-electron chi connectivity index (χ2n) is 7.94. The second-order valence-corrected chi connectivity index (χ2v) is 7.94. The van der Waals surface area contributed by atoms with Crippen LogP contribution in [0.2, 0.25) is 0 Å². The molecule has 0 spiro atoms. The lowest BCUT2D eigenvalue weighted by atomic mass is 10.1. The number of rotatable bonds is 9. The molecule has 1 heterocycles. The summed E-state index contributed by atoms with van der Waals surface area (Å²) < 4.78 is 10.8. The van der Waals surface area contributed by atoms with Gasteiger partial charge in [0.15, 0.2) is 5.96 Å². The number of hydrogen-bond donors (Lipinski definition) is 1. The summed E-state index contributed by atoms with van der Waals surface area (Å²) in [6, 6.07) is 14.2. The van der Waals surface area contributed by atoms with Gasteiger partial charge in [-0.05, 0) is 36.6 Å². The largest absolute Gasteiger partial charge is 0.497 e. The summed E-state index contributed by atoms with van der Waals surface area (Å²) in [6.45, 7) is 5.58. The number of hydrogen-bond acceptors (Lipinski definition) is 4. The van der Waals surface area contributed by atoms with Crippen molar-refractivity contribution in [3.05, 3.63) is 59.2 Å². The van der Waals surface area contributed by atoms with E-state index in [1.165, 1.54) is 0 Å². The van der Waals surface area contributed by atoms with E-state index in [2.05, 4.69) is 35.3 Å². The van der Waals surface area contributed by atoms with Gasteiger partial charge >= 0.3 is 0 Å². The van der Waals surface area contributed by atoms with Crippen molar-refractivity contribution in [1.82, 2.24) is 15.1 Å². The number of guanidine groups is 1.